The number of nitrogens with zero attached hydrogens (tertiary/aromatic N) is 3. The Bertz CT molecular complexity index is 2220. The lowest BCUT2D eigenvalue weighted by Gasteiger charge is -2.23. The second-order valence-corrected chi connectivity index (χ2v) is 14.4. The highest BCUT2D eigenvalue weighted by atomic mass is 19.4. The highest BCUT2D eigenvalue weighted by Crippen LogP contribution is 2.51. The number of pyridine rings is 1. The zero-order chi connectivity index (χ0) is 38.2. The number of fused-ring (bicyclic) bond motifs is 3. The van der Waals surface area contributed by atoms with E-state index in [4.69, 9.17) is 0 Å². The molecule has 1 fully saturated rings. The molecule has 0 radical (unpaired) electrons. The summed E-state index contributed by atoms with van der Waals surface area (Å²) in [4.78, 5) is 31.4. The molecule has 0 bridgehead atoms. The summed E-state index contributed by atoms with van der Waals surface area (Å²) >= 11 is 0. The van der Waals surface area contributed by atoms with Crippen molar-refractivity contribution in [3.05, 3.63) is 105 Å². The molecule has 276 valence electrons. The van der Waals surface area contributed by atoms with Gasteiger partial charge in [0.2, 0.25) is 5.91 Å². The third-order valence-corrected chi connectivity index (χ3v) is 9.70. The van der Waals surface area contributed by atoms with Crippen LogP contribution in [-0.2, 0) is 41.8 Å². The molecule has 15 heteroatoms. The van der Waals surface area contributed by atoms with Gasteiger partial charge in [-0.05, 0) is 92.5 Å². The maximum absolute atomic E-state index is 15.2. The maximum Gasteiger partial charge on any atom is 0.435 e. The lowest BCUT2D eigenvalue weighted by atomic mass is 9.92. The molecule has 8 nitrogen and oxygen atoms in total. The summed E-state index contributed by atoms with van der Waals surface area (Å²) in [6.07, 6.45) is -4.43. The molecule has 4 aromatic rings. The standard InChI is InChI=1S/C38H32F7N5O3/c1-19-12-27-32(38(43,44)45)49-50(33(27)37(19,41)42)18-30(51)47-29(15-20-13-22(39)17-23(40)14-20)31-25(6-5-24(46-31)8-9-35(2,3)53)21-4-7-28-26(16-21)34(52)48-36(28)10-11-36/h4-7,13-14,16-17,19,29,53H,10-12,15,18H2,1-3H3,(H,47,51)(H,48,52)/t19-,29+/m1/s1. The van der Waals surface area contributed by atoms with Crippen molar-refractivity contribution >= 4 is 11.8 Å². The smallest absolute Gasteiger partial charge is 0.378 e. The lowest BCUT2D eigenvalue weighted by Crippen LogP contribution is -2.35. The van der Waals surface area contributed by atoms with Crippen LogP contribution in [0.1, 0.15) is 89.5 Å². The Kier molecular flexibility index (Phi) is 8.48. The van der Waals surface area contributed by atoms with E-state index in [1.165, 1.54) is 19.9 Å². The first-order chi connectivity index (χ1) is 24.7. The van der Waals surface area contributed by atoms with Crippen molar-refractivity contribution in [1.82, 2.24) is 25.4 Å². The third kappa shape index (κ3) is 6.88. The Balaban J connectivity index is 1.33. The van der Waals surface area contributed by atoms with Gasteiger partial charge in [-0.15, -0.1) is 0 Å². The molecule has 2 amide bonds. The average molecular weight is 740 g/mol. The molecule has 2 atom stereocenters. The molecule has 1 aliphatic heterocycles. The molecule has 2 aliphatic carbocycles. The van der Waals surface area contributed by atoms with Crippen molar-refractivity contribution in [1.29, 1.82) is 0 Å². The Morgan fingerprint density at radius 1 is 1.08 bits per heavy atom. The van der Waals surface area contributed by atoms with Crippen LogP contribution in [0.2, 0.25) is 0 Å². The largest absolute Gasteiger partial charge is 0.435 e. The fourth-order valence-electron chi connectivity index (χ4n) is 7.09. The first kappa shape index (κ1) is 36.1. The molecule has 3 heterocycles. The first-order valence-corrected chi connectivity index (χ1v) is 16.8. The molecule has 3 aliphatic rings. The number of amides is 2. The predicted octanol–water partition coefficient (Wildman–Crippen LogP) is 6.48. The summed E-state index contributed by atoms with van der Waals surface area (Å²) in [5.41, 5.74) is -2.75. The number of hydrogen-bond donors (Lipinski definition) is 3. The monoisotopic (exact) mass is 739 g/mol. The number of benzene rings is 2. The molecule has 2 aromatic carbocycles. The Hall–Kier alpha value is -5.23. The normalized spacial score (nSPS) is 18.5. The number of carbonyl (C=O) groups excluding carboxylic acids is 2. The number of halogens is 7. The highest BCUT2D eigenvalue weighted by Gasteiger charge is 2.54. The fraction of sp³-hybridized carbons (Fsp3) is 0.368. The van der Waals surface area contributed by atoms with Gasteiger partial charge in [-0.25, -0.2) is 13.8 Å². The van der Waals surface area contributed by atoms with Crippen LogP contribution in [0.4, 0.5) is 30.7 Å². The molecule has 3 N–H and O–H groups in total. The zero-order valence-corrected chi connectivity index (χ0v) is 28.6. The molecule has 0 saturated heterocycles. The van der Waals surface area contributed by atoms with Crippen LogP contribution in [0.25, 0.3) is 11.1 Å². The highest BCUT2D eigenvalue weighted by molar-refractivity contribution is 6.01. The van der Waals surface area contributed by atoms with Crippen LogP contribution >= 0.6 is 0 Å². The van der Waals surface area contributed by atoms with Crippen LogP contribution in [0.5, 0.6) is 0 Å². The maximum atomic E-state index is 15.2. The molecule has 2 aromatic heterocycles. The fourth-order valence-corrected chi connectivity index (χ4v) is 7.09. The van der Waals surface area contributed by atoms with Gasteiger partial charge in [-0.3, -0.25) is 14.3 Å². The molecule has 1 spiro atoms. The second-order valence-electron chi connectivity index (χ2n) is 14.4. The van der Waals surface area contributed by atoms with Gasteiger partial charge in [-0.2, -0.15) is 27.1 Å². The van der Waals surface area contributed by atoms with Crippen molar-refractivity contribution in [2.45, 2.75) is 82.3 Å². The first-order valence-electron chi connectivity index (χ1n) is 16.8. The van der Waals surface area contributed by atoms with Crippen LogP contribution < -0.4 is 10.6 Å². The molecular weight excluding hydrogens is 707 g/mol. The summed E-state index contributed by atoms with van der Waals surface area (Å²) in [5.74, 6) is -3.00. The van der Waals surface area contributed by atoms with Crippen LogP contribution in [0.3, 0.4) is 0 Å². The van der Waals surface area contributed by atoms with Gasteiger partial charge in [0.05, 0.1) is 17.3 Å². The Labute approximate surface area is 298 Å². The Morgan fingerprint density at radius 3 is 2.42 bits per heavy atom. The van der Waals surface area contributed by atoms with Crippen molar-refractivity contribution in [3.63, 3.8) is 0 Å². The van der Waals surface area contributed by atoms with Crippen molar-refractivity contribution < 1.29 is 45.4 Å². The van der Waals surface area contributed by atoms with E-state index in [0.717, 1.165) is 37.5 Å². The number of rotatable bonds is 7. The minimum Gasteiger partial charge on any atom is -0.378 e. The Morgan fingerprint density at radius 2 is 1.77 bits per heavy atom. The summed E-state index contributed by atoms with van der Waals surface area (Å²) in [5, 5.41) is 19.3. The van der Waals surface area contributed by atoms with Gasteiger partial charge in [0.15, 0.2) is 5.69 Å². The molecular formula is C38H32F7N5O3. The number of aliphatic hydroxyl groups is 1. The van der Waals surface area contributed by atoms with Crippen molar-refractivity contribution in [3.8, 4) is 23.0 Å². The average Bonchev–Trinajstić information content (AvgIpc) is 3.57. The topological polar surface area (TPSA) is 109 Å². The molecule has 53 heavy (non-hydrogen) atoms. The molecule has 7 rings (SSSR count). The van der Waals surface area contributed by atoms with E-state index in [2.05, 4.69) is 32.6 Å². The van der Waals surface area contributed by atoms with E-state index in [9.17, 15) is 36.6 Å². The van der Waals surface area contributed by atoms with E-state index in [-0.39, 0.29) is 29.3 Å². The lowest BCUT2D eigenvalue weighted by molar-refractivity contribution is -0.142. The summed E-state index contributed by atoms with van der Waals surface area (Å²) in [7, 11) is 0. The van der Waals surface area contributed by atoms with Crippen LogP contribution in [0.15, 0.2) is 48.5 Å². The number of nitrogens with one attached hydrogen (secondary N) is 2. The van der Waals surface area contributed by atoms with E-state index in [1.807, 2.05) is 0 Å². The van der Waals surface area contributed by atoms with Gasteiger partial charge >= 0.3 is 6.18 Å². The number of aromatic nitrogens is 3. The molecule has 0 unspecified atom stereocenters. The molecule has 1 saturated carbocycles. The van der Waals surface area contributed by atoms with Gasteiger partial charge in [-0.1, -0.05) is 25.0 Å². The van der Waals surface area contributed by atoms with E-state index in [1.54, 1.807) is 24.3 Å². The number of alkyl halides is 5. The van der Waals surface area contributed by atoms with Crippen molar-refractivity contribution in [2.24, 2.45) is 5.92 Å². The van der Waals surface area contributed by atoms with Gasteiger partial charge in [0, 0.05) is 28.7 Å². The van der Waals surface area contributed by atoms with E-state index in [0.29, 0.717) is 27.4 Å². The van der Waals surface area contributed by atoms with E-state index < -0.39 is 82.7 Å². The van der Waals surface area contributed by atoms with E-state index >= 15 is 8.78 Å². The zero-order valence-electron chi connectivity index (χ0n) is 28.6. The van der Waals surface area contributed by atoms with Crippen LogP contribution in [-0.4, -0.2) is 37.3 Å². The van der Waals surface area contributed by atoms with Gasteiger partial charge in [0.1, 0.15) is 35.2 Å². The van der Waals surface area contributed by atoms with Gasteiger partial charge < -0.3 is 15.7 Å². The summed E-state index contributed by atoms with van der Waals surface area (Å²) in [6.45, 7) is 2.94. The SMILES string of the molecule is C[C@@H]1Cc2c(C(F)(F)F)nn(CC(=O)N[C@@H](Cc3cc(F)cc(F)c3)c3nc(C#CC(C)(C)O)ccc3-c3ccc4c(c3)C(=O)NC43CC3)c2C1(F)F. The minimum atomic E-state index is -5.06. The van der Waals surface area contributed by atoms with Crippen LogP contribution in [0, 0.1) is 29.4 Å². The summed E-state index contributed by atoms with van der Waals surface area (Å²) < 4.78 is 101. The second kappa shape index (κ2) is 12.4. The number of carbonyl (C=O) groups is 2. The van der Waals surface area contributed by atoms with Gasteiger partial charge in [0.25, 0.3) is 11.8 Å². The van der Waals surface area contributed by atoms with Crippen molar-refractivity contribution in [2.75, 3.05) is 0 Å². The third-order valence-electron chi connectivity index (χ3n) is 9.70. The minimum absolute atomic E-state index is 0.0530. The quantitative estimate of drug-likeness (QED) is 0.149. The predicted molar refractivity (Wildman–Crippen MR) is 176 cm³/mol. The summed E-state index contributed by atoms with van der Waals surface area (Å²) in [6, 6.07) is 9.73. The number of hydrogen-bond acceptors (Lipinski definition) is 5.